The number of nitrogens with one attached hydrogen (secondary N) is 2. The van der Waals surface area contributed by atoms with Crippen LogP contribution in [0.15, 0.2) is 12.2 Å². The van der Waals surface area contributed by atoms with Gasteiger partial charge < -0.3 is 10.6 Å². The fourth-order valence-electron chi connectivity index (χ4n) is 3.35. The van der Waals surface area contributed by atoms with E-state index in [1.165, 1.54) is 32.5 Å². The maximum atomic E-state index is 3.52. The fourth-order valence-corrected chi connectivity index (χ4v) is 3.35. The van der Waals surface area contributed by atoms with Crippen molar-refractivity contribution in [3.05, 3.63) is 12.2 Å². The van der Waals surface area contributed by atoms with Gasteiger partial charge in [-0.05, 0) is 23.7 Å². The molecule has 1 heterocycles. The Morgan fingerprint density at radius 3 is 2.33 bits per heavy atom. The second kappa shape index (κ2) is 8.92. The molecule has 0 aromatic heterocycles. The van der Waals surface area contributed by atoms with Gasteiger partial charge in [-0.2, -0.15) is 0 Å². The van der Waals surface area contributed by atoms with Crippen molar-refractivity contribution in [3.63, 3.8) is 0 Å². The van der Waals surface area contributed by atoms with Crippen LogP contribution in [-0.4, -0.2) is 50.7 Å². The largest absolute Gasteiger partial charge is 0.314 e. The van der Waals surface area contributed by atoms with Crippen molar-refractivity contribution in [1.29, 1.82) is 0 Å². The lowest BCUT2D eigenvalue weighted by Crippen LogP contribution is -2.45. The summed E-state index contributed by atoms with van der Waals surface area (Å²) in [6.45, 7) is 19.7. The lowest BCUT2D eigenvalue weighted by atomic mass is 9.74. The Kier molecular flexibility index (Phi) is 7.93. The summed E-state index contributed by atoms with van der Waals surface area (Å²) in [7, 11) is 0. The standard InChI is InChI=1S/C18H37N3/c1-17(2,3)16-18(4,5)8-6-7-9-19-10-13-21-14-11-20-12-15-21/h6-7,19-20H,8-16H2,1-5H3. The number of hydrogen-bond acceptors (Lipinski definition) is 3. The van der Waals surface area contributed by atoms with Gasteiger partial charge >= 0.3 is 0 Å². The molecule has 0 bridgehead atoms. The van der Waals surface area contributed by atoms with Crippen LogP contribution in [0.25, 0.3) is 0 Å². The van der Waals surface area contributed by atoms with Crippen molar-refractivity contribution in [2.45, 2.75) is 47.5 Å². The molecule has 0 amide bonds. The van der Waals surface area contributed by atoms with Crippen LogP contribution in [0.3, 0.4) is 0 Å². The fraction of sp³-hybridized carbons (Fsp3) is 0.889. The molecule has 0 aliphatic carbocycles. The first-order chi connectivity index (χ1) is 9.79. The molecule has 0 unspecified atom stereocenters. The summed E-state index contributed by atoms with van der Waals surface area (Å²) < 4.78 is 0. The minimum absolute atomic E-state index is 0.398. The smallest absolute Gasteiger partial charge is 0.0135 e. The van der Waals surface area contributed by atoms with Crippen LogP contribution in [-0.2, 0) is 0 Å². The molecule has 0 radical (unpaired) electrons. The number of piperazine rings is 1. The van der Waals surface area contributed by atoms with E-state index in [0.29, 0.717) is 10.8 Å². The van der Waals surface area contributed by atoms with Gasteiger partial charge in [0, 0.05) is 45.8 Å². The second-order valence-corrected chi connectivity index (χ2v) is 8.37. The first-order valence-electron chi connectivity index (χ1n) is 8.57. The molecule has 124 valence electrons. The summed E-state index contributed by atoms with van der Waals surface area (Å²) in [5.74, 6) is 0. The van der Waals surface area contributed by atoms with E-state index < -0.39 is 0 Å². The molecule has 0 atom stereocenters. The summed E-state index contributed by atoms with van der Waals surface area (Å²) in [5.41, 5.74) is 0.814. The third-order valence-electron chi connectivity index (χ3n) is 3.92. The highest BCUT2D eigenvalue weighted by Gasteiger charge is 2.23. The molecule has 2 N–H and O–H groups in total. The Hall–Kier alpha value is -0.380. The molecule has 0 spiro atoms. The van der Waals surface area contributed by atoms with E-state index in [-0.39, 0.29) is 0 Å². The van der Waals surface area contributed by atoms with E-state index in [2.05, 4.69) is 62.3 Å². The second-order valence-electron chi connectivity index (χ2n) is 8.37. The van der Waals surface area contributed by atoms with Crippen molar-refractivity contribution in [2.24, 2.45) is 10.8 Å². The van der Waals surface area contributed by atoms with Gasteiger partial charge in [0.1, 0.15) is 0 Å². The van der Waals surface area contributed by atoms with E-state index >= 15 is 0 Å². The quantitative estimate of drug-likeness (QED) is 0.532. The van der Waals surface area contributed by atoms with Gasteiger partial charge in [-0.3, -0.25) is 4.90 Å². The summed E-state index contributed by atoms with van der Waals surface area (Å²) in [6.07, 6.45) is 7.08. The lowest BCUT2D eigenvalue weighted by Gasteiger charge is -2.31. The van der Waals surface area contributed by atoms with Crippen molar-refractivity contribution < 1.29 is 0 Å². The third-order valence-corrected chi connectivity index (χ3v) is 3.92. The molecule has 0 aromatic rings. The van der Waals surface area contributed by atoms with Crippen LogP contribution >= 0.6 is 0 Å². The van der Waals surface area contributed by atoms with Gasteiger partial charge in [0.15, 0.2) is 0 Å². The Morgan fingerprint density at radius 1 is 1.05 bits per heavy atom. The van der Waals surface area contributed by atoms with Crippen molar-refractivity contribution in [1.82, 2.24) is 15.5 Å². The zero-order chi connectivity index (χ0) is 15.8. The molecule has 3 heteroatoms. The van der Waals surface area contributed by atoms with Crippen LogP contribution < -0.4 is 10.6 Å². The van der Waals surface area contributed by atoms with E-state index in [9.17, 15) is 0 Å². The van der Waals surface area contributed by atoms with Crippen molar-refractivity contribution >= 4 is 0 Å². The zero-order valence-electron chi connectivity index (χ0n) is 15.0. The van der Waals surface area contributed by atoms with E-state index in [1.807, 2.05) is 0 Å². The highest BCUT2D eigenvalue weighted by Crippen LogP contribution is 2.35. The van der Waals surface area contributed by atoms with Crippen LogP contribution in [0, 0.1) is 10.8 Å². The third kappa shape index (κ3) is 10.0. The molecular formula is C18H37N3. The van der Waals surface area contributed by atoms with Crippen LogP contribution in [0.1, 0.15) is 47.5 Å². The molecule has 1 rings (SSSR count). The number of rotatable bonds is 8. The number of nitrogens with zero attached hydrogens (tertiary/aromatic N) is 1. The molecule has 3 nitrogen and oxygen atoms in total. The van der Waals surface area contributed by atoms with E-state index in [4.69, 9.17) is 0 Å². The van der Waals surface area contributed by atoms with Gasteiger partial charge in [0.25, 0.3) is 0 Å². The molecule has 1 fully saturated rings. The predicted molar refractivity (Wildman–Crippen MR) is 93.8 cm³/mol. The first-order valence-corrected chi connectivity index (χ1v) is 8.57. The minimum atomic E-state index is 0.398. The average Bonchev–Trinajstić information content (AvgIpc) is 2.36. The van der Waals surface area contributed by atoms with Crippen molar-refractivity contribution in [2.75, 3.05) is 45.8 Å². The van der Waals surface area contributed by atoms with Gasteiger partial charge in [-0.1, -0.05) is 46.8 Å². The number of allylic oxidation sites excluding steroid dienone is 1. The molecular weight excluding hydrogens is 258 g/mol. The molecule has 0 aromatic carbocycles. The first kappa shape index (κ1) is 18.7. The topological polar surface area (TPSA) is 27.3 Å². The highest BCUT2D eigenvalue weighted by molar-refractivity contribution is 4.90. The molecule has 1 saturated heterocycles. The Balaban J connectivity index is 2.06. The molecule has 1 aliphatic heterocycles. The molecule has 1 aliphatic rings. The molecule has 0 saturated carbocycles. The zero-order valence-corrected chi connectivity index (χ0v) is 15.0. The Bertz CT molecular complexity index is 296. The summed E-state index contributed by atoms with van der Waals surface area (Å²) in [5, 5.41) is 6.91. The van der Waals surface area contributed by atoms with Crippen molar-refractivity contribution in [3.8, 4) is 0 Å². The maximum absolute atomic E-state index is 3.52. The normalized spacial score (nSPS) is 18.5. The maximum Gasteiger partial charge on any atom is 0.0135 e. The summed E-state index contributed by atoms with van der Waals surface area (Å²) >= 11 is 0. The predicted octanol–water partition coefficient (Wildman–Crippen LogP) is 2.89. The monoisotopic (exact) mass is 295 g/mol. The van der Waals surface area contributed by atoms with Crippen LogP contribution in [0.5, 0.6) is 0 Å². The summed E-state index contributed by atoms with van der Waals surface area (Å²) in [4.78, 5) is 2.53. The highest BCUT2D eigenvalue weighted by atomic mass is 15.2. The SMILES string of the molecule is CC(C)(C)CC(C)(C)CC=CCNCCN1CCNCC1. The Labute approximate surface area is 132 Å². The van der Waals surface area contributed by atoms with Gasteiger partial charge in [0.2, 0.25) is 0 Å². The van der Waals surface area contributed by atoms with Crippen LogP contribution in [0.4, 0.5) is 0 Å². The molecule has 21 heavy (non-hydrogen) atoms. The van der Waals surface area contributed by atoms with Gasteiger partial charge in [-0.25, -0.2) is 0 Å². The van der Waals surface area contributed by atoms with Crippen LogP contribution in [0.2, 0.25) is 0 Å². The lowest BCUT2D eigenvalue weighted by molar-refractivity contribution is 0.215. The minimum Gasteiger partial charge on any atom is -0.314 e. The van der Waals surface area contributed by atoms with Gasteiger partial charge in [-0.15, -0.1) is 0 Å². The van der Waals surface area contributed by atoms with Gasteiger partial charge in [0.05, 0.1) is 0 Å². The Morgan fingerprint density at radius 2 is 1.71 bits per heavy atom. The van der Waals surface area contributed by atoms with E-state index in [1.54, 1.807) is 0 Å². The average molecular weight is 296 g/mol. The number of hydrogen-bond donors (Lipinski definition) is 2. The summed E-state index contributed by atoms with van der Waals surface area (Å²) in [6, 6.07) is 0. The van der Waals surface area contributed by atoms with E-state index in [0.717, 1.165) is 26.2 Å².